The maximum atomic E-state index is 11.0. The number of cyclic esters (lactones) is 1. The molecule has 0 aromatic carbocycles. The van der Waals surface area contributed by atoms with E-state index in [1.165, 1.54) is 0 Å². The zero-order chi connectivity index (χ0) is 11.4. The van der Waals surface area contributed by atoms with E-state index in [0.717, 1.165) is 11.6 Å². The quantitative estimate of drug-likeness (QED) is 0.768. The minimum Gasteiger partial charge on any atom is -0.512 e. The Morgan fingerprint density at radius 2 is 2.44 bits per heavy atom. The number of esters is 1. The molecule has 0 saturated carbocycles. The van der Waals surface area contributed by atoms with E-state index in [1.54, 1.807) is 18.5 Å². The molecule has 0 saturated heterocycles. The lowest BCUT2D eigenvalue weighted by Crippen LogP contribution is -2.20. The Hall–Kier alpha value is -2.10. The van der Waals surface area contributed by atoms with Crippen molar-refractivity contribution in [3.05, 3.63) is 48.0 Å². The summed E-state index contributed by atoms with van der Waals surface area (Å²) >= 11 is 0. The molecule has 1 aliphatic rings. The molecule has 1 unspecified atom stereocenters. The molecule has 1 aliphatic heterocycles. The molecule has 1 atom stereocenters. The number of aliphatic hydroxyl groups excluding tert-OH is 1. The summed E-state index contributed by atoms with van der Waals surface area (Å²) in [5.41, 5.74) is 0.924. The highest BCUT2D eigenvalue weighted by atomic mass is 16.5. The van der Waals surface area contributed by atoms with Crippen LogP contribution in [0.1, 0.15) is 12.0 Å². The summed E-state index contributed by atoms with van der Waals surface area (Å²) in [6.07, 6.45) is 7.94. The average Bonchev–Trinajstić information content (AvgIpc) is 2.27. The predicted octanol–water partition coefficient (Wildman–Crippen LogP) is 1.85. The first kappa shape index (κ1) is 10.4. The van der Waals surface area contributed by atoms with Gasteiger partial charge < -0.3 is 9.84 Å². The third-order valence-electron chi connectivity index (χ3n) is 2.15. The van der Waals surface area contributed by atoms with Crippen molar-refractivity contribution in [3.63, 3.8) is 0 Å². The lowest BCUT2D eigenvalue weighted by Gasteiger charge is -2.16. The van der Waals surface area contributed by atoms with Gasteiger partial charge in [0.2, 0.25) is 0 Å². The van der Waals surface area contributed by atoms with E-state index in [-0.39, 0.29) is 5.76 Å². The van der Waals surface area contributed by atoms with E-state index in [2.05, 4.69) is 4.98 Å². The molecule has 1 aromatic rings. The van der Waals surface area contributed by atoms with Gasteiger partial charge in [0.25, 0.3) is 0 Å². The van der Waals surface area contributed by atoms with Crippen LogP contribution < -0.4 is 0 Å². The number of aliphatic hydroxyl groups is 1. The smallest absolute Gasteiger partial charge is 0.334 e. The van der Waals surface area contributed by atoms with Crippen LogP contribution in [0.3, 0.4) is 0 Å². The number of carbonyl (C=O) groups excluding carboxylic acids is 1. The van der Waals surface area contributed by atoms with Gasteiger partial charge in [-0.15, -0.1) is 0 Å². The summed E-state index contributed by atoms with van der Waals surface area (Å²) in [7, 11) is 0. The fourth-order valence-corrected chi connectivity index (χ4v) is 1.43. The summed E-state index contributed by atoms with van der Waals surface area (Å²) in [6.45, 7) is 0. The highest BCUT2D eigenvalue weighted by Crippen LogP contribution is 2.15. The average molecular weight is 217 g/mol. The Labute approximate surface area is 92.9 Å². The van der Waals surface area contributed by atoms with Crippen molar-refractivity contribution >= 4 is 12.0 Å². The van der Waals surface area contributed by atoms with Crippen molar-refractivity contribution in [3.8, 4) is 0 Å². The zero-order valence-electron chi connectivity index (χ0n) is 8.54. The number of hydrogen-bond acceptors (Lipinski definition) is 4. The molecule has 0 radical (unpaired) electrons. The van der Waals surface area contributed by atoms with E-state index in [4.69, 9.17) is 4.74 Å². The number of aromatic nitrogens is 1. The Kier molecular flexibility index (Phi) is 3.00. The normalized spacial score (nSPS) is 20.6. The van der Waals surface area contributed by atoms with E-state index in [0.29, 0.717) is 6.42 Å². The first-order valence-corrected chi connectivity index (χ1v) is 4.92. The van der Waals surface area contributed by atoms with Crippen molar-refractivity contribution in [1.29, 1.82) is 0 Å². The summed E-state index contributed by atoms with van der Waals surface area (Å²) in [5, 5.41) is 9.26. The fraction of sp³-hybridized carbons (Fsp3) is 0.167. The van der Waals surface area contributed by atoms with Gasteiger partial charge in [-0.1, -0.05) is 12.1 Å². The predicted molar refractivity (Wildman–Crippen MR) is 58.5 cm³/mol. The maximum absolute atomic E-state index is 11.0. The summed E-state index contributed by atoms with van der Waals surface area (Å²) in [4.78, 5) is 14.9. The molecule has 0 aliphatic carbocycles. The first-order chi connectivity index (χ1) is 7.74. The van der Waals surface area contributed by atoms with E-state index < -0.39 is 12.1 Å². The molecule has 1 N–H and O–H groups in total. The molecule has 0 fully saturated rings. The van der Waals surface area contributed by atoms with Crippen LogP contribution in [0.2, 0.25) is 0 Å². The SMILES string of the molecule is O=C1C=C(O)CC(/C=C/c2cccnc2)O1. The van der Waals surface area contributed by atoms with Crippen LogP contribution in [0.25, 0.3) is 6.08 Å². The summed E-state index contributed by atoms with van der Waals surface area (Å²) in [6, 6.07) is 3.72. The number of rotatable bonds is 2. The minimum absolute atomic E-state index is 0.0529. The second-order valence-electron chi connectivity index (χ2n) is 3.46. The molecular weight excluding hydrogens is 206 g/mol. The van der Waals surface area contributed by atoms with Crippen molar-refractivity contribution in [2.24, 2.45) is 0 Å². The highest BCUT2D eigenvalue weighted by molar-refractivity contribution is 5.83. The van der Waals surface area contributed by atoms with E-state index >= 15 is 0 Å². The molecule has 0 spiro atoms. The second-order valence-corrected chi connectivity index (χ2v) is 3.46. The van der Waals surface area contributed by atoms with Crippen molar-refractivity contribution in [2.45, 2.75) is 12.5 Å². The van der Waals surface area contributed by atoms with Gasteiger partial charge in [-0.25, -0.2) is 4.79 Å². The van der Waals surface area contributed by atoms with Gasteiger partial charge in [-0.05, 0) is 17.7 Å². The van der Waals surface area contributed by atoms with Crippen LogP contribution in [0.5, 0.6) is 0 Å². The molecule has 82 valence electrons. The topological polar surface area (TPSA) is 59.4 Å². The Morgan fingerprint density at radius 1 is 1.56 bits per heavy atom. The molecule has 1 aromatic heterocycles. The molecule has 0 amide bonds. The van der Waals surface area contributed by atoms with Gasteiger partial charge in [-0.3, -0.25) is 4.98 Å². The molecule has 16 heavy (non-hydrogen) atoms. The van der Waals surface area contributed by atoms with Gasteiger partial charge in [0, 0.05) is 18.8 Å². The van der Waals surface area contributed by atoms with Crippen LogP contribution in [0.4, 0.5) is 0 Å². The van der Waals surface area contributed by atoms with Crippen LogP contribution in [0.15, 0.2) is 42.4 Å². The van der Waals surface area contributed by atoms with E-state index in [9.17, 15) is 9.90 Å². The number of nitrogens with zero attached hydrogens (tertiary/aromatic N) is 1. The van der Waals surface area contributed by atoms with Gasteiger partial charge in [0.05, 0.1) is 6.08 Å². The fourth-order valence-electron chi connectivity index (χ4n) is 1.43. The Morgan fingerprint density at radius 3 is 3.12 bits per heavy atom. The lowest BCUT2D eigenvalue weighted by molar-refractivity contribution is -0.142. The third kappa shape index (κ3) is 2.70. The summed E-state index contributed by atoms with van der Waals surface area (Å²) < 4.78 is 5.00. The highest BCUT2D eigenvalue weighted by Gasteiger charge is 2.18. The molecule has 4 nitrogen and oxygen atoms in total. The molecule has 4 heteroatoms. The van der Waals surface area contributed by atoms with Crippen LogP contribution in [-0.4, -0.2) is 22.2 Å². The standard InChI is InChI=1S/C12H11NO3/c14-10-6-11(16-12(15)7-10)4-3-9-2-1-5-13-8-9/h1-5,7-8,11,14H,6H2/b4-3+. The Bertz CT molecular complexity index is 437. The number of ether oxygens (including phenoxy) is 1. The molecular formula is C12H11NO3. The summed E-state index contributed by atoms with van der Waals surface area (Å²) in [5.74, 6) is -0.457. The van der Waals surface area contributed by atoms with Crippen molar-refractivity contribution in [2.75, 3.05) is 0 Å². The maximum Gasteiger partial charge on any atom is 0.334 e. The van der Waals surface area contributed by atoms with Crippen LogP contribution in [0, 0.1) is 0 Å². The van der Waals surface area contributed by atoms with E-state index in [1.807, 2.05) is 18.2 Å². The van der Waals surface area contributed by atoms with Gasteiger partial charge in [-0.2, -0.15) is 0 Å². The van der Waals surface area contributed by atoms with Gasteiger partial charge in [0.15, 0.2) is 0 Å². The monoisotopic (exact) mass is 217 g/mol. The third-order valence-corrected chi connectivity index (χ3v) is 2.15. The van der Waals surface area contributed by atoms with Crippen molar-refractivity contribution < 1.29 is 14.6 Å². The Balaban J connectivity index is 2.03. The van der Waals surface area contributed by atoms with Gasteiger partial charge in [0.1, 0.15) is 11.9 Å². The van der Waals surface area contributed by atoms with Crippen LogP contribution >= 0.6 is 0 Å². The molecule has 2 heterocycles. The molecule has 0 bridgehead atoms. The molecule has 2 rings (SSSR count). The largest absolute Gasteiger partial charge is 0.512 e. The zero-order valence-corrected chi connectivity index (χ0v) is 8.54. The number of pyridine rings is 1. The van der Waals surface area contributed by atoms with Gasteiger partial charge >= 0.3 is 5.97 Å². The van der Waals surface area contributed by atoms with Crippen molar-refractivity contribution in [1.82, 2.24) is 4.98 Å². The lowest BCUT2D eigenvalue weighted by atomic mass is 10.1. The second kappa shape index (κ2) is 4.61. The number of carbonyl (C=O) groups is 1. The minimum atomic E-state index is -0.510. The van der Waals surface area contributed by atoms with Crippen LogP contribution in [-0.2, 0) is 9.53 Å². The first-order valence-electron chi connectivity index (χ1n) is 4.92. The number of hydrogen-bond donors (Lipinski definition) is 1.